The van der Waals surface area contributed by atoms with Gasteiger partial charge < -0.3 is 20.3 Å². The lowest BCUT2D eigenvalue weighted by molar-refractivity contribution is -0.137. The number of likely N-dealkylation sites (tertiary alicyclic amines) is 1. The highest BCUT2D eigenvalue weighted by atomic mass is 35.5. The minimum Gasteiger partial charge on any atom is -0.427 e. The molecule has 13 heteroatoms. The highest BCUT2D eigenvalue weighted by Gasteiger charge is 2.31. The van der Waals surface area contributed by atoms with E-state index in [2.05, 4.69) is 25.6 Å². The molecule has 1 aromatic carbocycles. The standard InChI is InChI=1S/C22H25ClF3N7O2/c1-21(2,3)31-18-27-11-16-17(30-18)33(12-35-20(34)32-6-4-5-7-32)19(29-16)28-15-9-13(22(24,25)26)8-14(23)10-15/h8-11H,4-7,12H2,1-3H3,(H,28,29)(H,27,30,31). The third kappa shape index (κ3) is 6.05. The minimum absolute atomic E-state index is 0.0632. The van der Waals surface area contributed by atoms with Crippen molar-refractivity contribution in [2.45, 2.75) is 52.1 Å². The van der Waals surface area contributed by atoms with Crippen molar-refractivity contribution >= 4 is 46.4 Å². The van der Waals surface area contributed by atoms with Gasteiger partial charge in [-0.05, 0) is 51.8 Å². The zero-order valence-corrected chi connectivity index (χ0v) is 20.2. The van der Waals surface area contributed by atoms with E-state index < -0.39 is 17.8 Å². The maximum absolute atomic E-state index is 13.3. The fraction of sp³-hybridized carbons (Fsp3) is 0.455. The maximum atomic E-state index is 13.3. The number of carbonyl (C=O) groups excluding carboxylic acids is 1. The van der Waals surface area contributed by atoms with E-state index in [1.807, 2.05) is 20.8 Å². The molecular formula is C22H25ClF3N7O2. The molecule has 1 fully saturated rings. The number of hydrogen-bond donors (Lipinski definition) is 2. The van der Waals surface area contributed by atoms with Crippen LogP contribution >= 0.6 is 11.6 Å². The van der Waals surface area contributed by atoms with Crippen LogP contribution in [-0.4, -0.2) is 49.1 Å². The van der Waals surface area contributed by atoms with Crippen LogP contribution < -0.4 is 10.6 Å². The number of anilines is 3. The molecule has 3 heterocycles. The Morgan fingerprint density at radius 3 is 2.51 bits per heavy atom. The third-order valence-electron chi connectivity index (χ3n) is 5.14. The van der Waals surface area contributed by atoms with Gasteiger partial charge in [0.25, 0.3) is 0 Å². The van der Waals surface area contributed by atoms with E-state index in [-0.39, 0.29) is 28.9 Å². The molecule has 2 aromatic heterocycles. The third-order valence-corrected chi connectivity index (χ3v) is 5.36. The molecule has 1 aliphatic heterocycles. The van der Waals surface area contributed by atoms with E-state index in [0.717, 1.165) is 25.0 Å². The van der Waals surface area contributed by atoms with Crippen LogP contribution in [0.4, 0.5) is 35.5 Å². The van der Waals surface area contributed by atoms with Crippen LogP contribution in [0.5, 0.6) is 0 Å². The van der Waals surface area contributed by atoms with Gasteiger partial charge in [0.1, 0.15) is 5.52 Å². The van der Waals surface area contributed by atoms with Crippen LogP contribution in [0.1, 0.15) is 39.2 Å². The van der Waals surface area contributed by atoms with Gasteiger partial charge in [0.15, 0.2) is 12.4 Å². The summed E-state index contributed by atoms with van der Waals surface area (Å²) in [4.78, 5) is 27.2. The highest BCUT2D eigenvalue weighted by Crippen LogP contribution is 2.34. The molecule has 0 atom stereocenters. The molecule has 9 nitrogen and oxygen atoms in total. The van der Waals surface area contributed by atoms with Gasteiger partial charge in [0.2, 0.25) is 11.9 Å². The van der Waals surface area contributed by atoms with Crippen LogP contribution in [0.15, 0.2) is 24.4 Å². The van der Waals surface area contributed by atoms with E-state index in [9.17, 15) is 18.0 Å². The molecule has 188 valence electrons. The summed E-state index contributed by atoms with van der Waals surface area (Å²) < 4.78 is 46.8. The molecular weight excluding hydrogens is 487 g/mol. The second kappa shape index (κ2) is 9.40. The normalized spacial score (nSPS) is 14.4. The summed E-state index contributed by atoms with van der Waals surface area (Å²) in [5.41, 5.74) is -0.472. The Bertz CT molecular complexity index is 1230. The first-order valence-corrected chi connectivity index (χ1v) is 11.3. The van der Waals surface area contributed by atoms with E-state index in [4.69, 9.17) is 16.3 Å². The summed E-state index contributed by atoms with van der Waals surface area (Å²) in [6.45, 7) is 6.80. The number of fused-ring (bicyclic) bond motifs is 1. The molecule has 0 radical (unpaired) electrons. The second-order valence-electron chi connectivity index (χ2n) is 9.23. The van der Waals surface area contributed by atoms with Crippen molar-refractivity contribution < 1.29 is 22.7 Å². The minimum atomic E-state index is -4.58. The van der Waals surface area contributed by atoms with Gasteiger partial charge in [-0.3, -0.25) is 4.57 Å². The number of alkyl halides is 3. The number of halogens is 4. The van der Waals surface area contributed by atoms with Crippen LogP contribution in [0, 0.1) is 0 Å². The molecule has 1 saturated heterocycles. The van der Waals surface area contributed by atoms with Crippen molar-refractivity contribution in [3.8, 4) is 0 Å². The number of hydrogen-bond acceptors (Lipinski definition) is 7. The molecule has 0 spiro atoms. The van der Waals surface area contributed by atoms with E-state index in [1.165, 1.54) is 16.8 Å². The molecule has 35 heavy (non-hydrogen) atoms. The predicted molar refractivity (Wildman–Crippen MR) is 126 cm³/mol. The molecule has 4 rings (SSSR count). The number of nitrogens with zero attached hydrogens (tertiary/aromatic N) is 5. The summed E-state index contributed by atoms with van der Waals surface area (Å²) >= 11 is 5.93. The van der Waals surface area contributed by atoms with Crippen molar-refractivity contribution in [3.63, 3.8) is 0 Å². The van der Waals surface area contributed by atoms with Crippen molar-refractivity contribution in [3.05, 3.63) is 35.0 Å². The number of rotatable bonds is 5. The number of nitrogens with one attached hydrogen (secondary N) is 2. The van der Waals surface area contributed by atoms with Gasteiger partial charge in [-0.15, -0.1) is 0 Å². The Morgan fingerprint density at radius 1 is 1.14 bits per heavy atom. The zero-order chi connectivity index (χ0) is 25.4. The van der Waals surface area contributed by atoms with Crippen molar-refractivity contribution in [1.82, 2.24) is 24.4 Å². The Kier molecular flexibility index (Phi) is 6.67. The van der Waals surface area contributed by atoms with Crippen molar-refractivity contribution in [2.75, 3.05) is 23.7 Å². The fourth-order valence-corrected chi connectivity index (χ4v) is 3.83. The first-order chi connectivity index (χ1) is 16.4. The number of ether oxygens (including phenoxy) is 1. The smallest absolute Gasteiger partial charge is 0.416 e. The summed E-state index contributed by atoms with van der Waals surface area (Å²) in [5.74, 6) is 0.442. The van der Waals surface area contributed by atoms with Gasteiger partial charge in [-0.2, -0.15) is 18.2 Å². The zero-order valence-electron chi connectivity index (χ0n) is 19.4. The van der Waals surface area contributed by atoms with E-state index in [1.54, 1.807) is 4.90 Å². The van der Waals surface area contributed by atoms with Crippen LogP contribution in [0.25, 0.3) is 11.2 Å². The molecule has 0 unspecified atom stereocenters. The van der Waals surface area contributed by atoms with Gasteiger partial charge in [0.05, 0.1) is 11.8 Å². The Hall–Kier alpha value is -3.28. The molecule has 1 amide bonds. The largest absolute Gasteiger partial charge is 0.427 e. The quantitative estimate of drug-likeness (QED) is 0.457. The summed E-state index contributed by atoms with van der Waals surface area (Å²) in [5, 5.41) is 5.91. The molecule has 2 N–H and O–H groups in total. The summed E-state index contributed by atoms with van der Waals surface area (Å²) in [6.07, 6.45) is -1.77. The number of imidazole rings is 1. The van der Waals surface area contributed by atoms with Crippen molar-refractivity contribution in [1.29, 1.82) is 0 Å². The SMILES string of the molecule is CC(C)(C)Nc1ncc2nc(Nc3cc(Cl)cc(C(F)(F)F)c3)n(COC(=O)N3CCCC3)c2n1. The Balaban J connectivity index is 1.70. The van der Waals surface area contributed by atoms with Gasteiger partial charge in [-0.25, -0.2) is 14.8 Å². The molecule has 1 aliphatic rings. The highest BCUT2D eigenvalue weighted by molar-refractivity contribution is 6.31. The summed E-state index contributed by atoms with van der Waals surface area (Å²) in [7, 11) is 0. The number of amides is 1. The Labute approximate surface area is 204 Å². The fourth-order valence-electron chi connectivity index (χ4n) is 3.60. The van der Waals surface area contributed by atoms with Crippen LogP contribution in [0.2, 0.25) is 5.02 Å². The predicted octanol–water partition coefficient (Wildman–Crippen LogP) is 5.64. The average molecular weight is 512 g/mol. The monoisotopic (exact) mass is 511 g/mol. The van der Waals surface area contributed by atoms with E-state index in [0.29, 0.717) is 30.2 Å². The number of benzene rings is 1. The van der Waals surface area contributed by atoms with Gasteiger partial charge in [0, 0.05) is 29.3 Å². The molecule has 3 aromatic rings. The van der Waals surface area contributed by atoms with Gasteiger partial charge >= 0.3 is 12.3 Å². The topological polar surface area (TPSA) is 97.2 Å². The maximum Gasteiger partial charge on any atom is 0.416 e. The van der Waals surface area contributed by atoms with Crippen LogP contribution in [0.3, 0.4) is 0 Å². The second-order valence-corrected chi connectivity index (χ2v) is 9.66. The van der Waals surface area contributed by atoms with Crippen LogP contribution in [-0.2, 0) is 17.6 Å². The average Bonchev–Trinajstić information content (AvgIpc) is 3.38. The lowest BCUT2D eigenvalue weighted by Gasteiger charge is -2.20. The van der Waals surface area contributed by atoms with Crippen molar-refractivity contribution in [2.24, 2.45) is 0 Å². The lowest BCUT2D eigenvalue weighted by Crippen LogP contribution is -2.29. The molecule has 0 aliphatic carbocycles. The number of carbonyl (C=O) groups is 1. The molecule has 0 bridgehead atoms. The molecule has 0 saturated carbocycles. The van der Waals surface area contributed by atoms with Gasteiger partial charge in [-0.1, -0.05) is 11.6 Å². The number of aromatic nitrogens is 4. The first-order valence-electron chi connectivity index (χ1n) is 11.0. The summed E-state index contributed by atoms with van der Waals surface area (Å²) in [6, 6.07) is 3.10. The lowest BCUT2D eigenvalue weighted by atomic mass is 10.1. The van der Waals surface area contributed by atoms with E-state index >= 15 is 0 Å². The Morgan fingerprint density at radius 2 is 1.86 bits per heavy atom. The first kappa shape index (κ1) is 24.8.